The lowest BCUT2D eigenvalue weighted by Crippen LogP contribution is -2.37. The molecule has 0 radical (unpaired) electrons. The third-order valence-electron chi connectivity index (χ3n) is 3.67. The van der Waals surface area contributed by atoms with E-state index in [4.69, 9.17) is 13.9 Å². The molecule has 1 aromatic carbocycles. The van der Waals surface area contributed by atoms with E-state index in [0.29, 0.717) is 42.5 Å². The van der Waals surface area contributed by atoms with Crippen molar-refractivity contribution in [2.45, 2.75) is 13.5 Å². The molecular weight excluding hydrogens is 312 g/mol. The second-order valence-corrected chi connectivity index (χ2v) is 5.34. The summed E-state index contributed by atoms with van der Waals surface area (Å²) in [6.07, 6.45) is 1.56. The SMILES string of the molecule is CC(=O)N(CCNC(=O)c1ccc2c(c1)OCO2)Cc1ccco1. The van der Waals surface area contributed by atoms with E-state index in [0.717, 1.165) is 0 Å². The molecule has 1 aromatic heterocycles. The standard InChI is InChI=1S/C17H18N2O5/c1-12(20)19(10-14-3-2-8-22-14)7-6-18-17(21)13-4-5-15-16(9-13)24-11-23-15/h2-5,8-9H,6-7,10-11H2,1H3,(H,18,21). The molecule has 2 amide bonds. The third kappa shape index (κ3) is 3.68. The van der Waals surface area contributed by atoms with Crippen molar-refractivity contribution in [2.75, 3.05) is 19.9 Å². The molecule has 0 saturated heterocycles. The maximum atomic E-state index is 12.2. The van der Waals surface area contributed by atoms with Gasteiger partial charge in [0.25, 0.3) is 5.91 Å². The Hall–Kier alpha value is -2.96. The Kier molecular flexibility index (Phi) is 4.69. The number of nitrogens with zero attached hydrogens (tertiary/aromatic N) is 1. The molecule has 0 atom stereocenters. The minimum absolute atomic E-state index is 0.0799. The summed E-state index contributed by atoms with van der Waals surface area (Å²) < 4.78 is 15.7. The summed E-state index contributed by atoms with van der Waals surface area (Å²) in [6.45, 7) is 2.77. The number of fused-ring (bicyclic) bond motifs is 1. The van der Waals surface area contributed by atoms with Crippen LogP contribution in [0.5, 0.6) is 11.5 Å². The molecule has 3 rings (SSSR count). The fourth-order valence-corrected chi connectivity index (χ4v) is 2.38. The Balaban J connectivity index is 1.52. The average molecular weight is 330 g/mol. The number of carbonyl (C=O) groups excluding carboxylic acids is 2. The topological polar surface area (TPSA) is 81.0 Å². The second kappa shape index (κ2) is 7.08. The fourth-order valence-electron chi connectivity index (χ4n) is 2.38. The third-order valence-corrected chi connectivity index (χ3v) is 3.67. The summed E-state index contributed by atoms with van der Waals surface area (Å²) in [7, 11) is 0. The van der Waals surface area contributed by atoms with Gasteiger partial charge in [-0.15, -0.1) is 0 Å². The maximum absolute atomic E-state index is 12.2. The van der Waals surface area contributed by atoms with Crippen LogP contribution in [0.1, 0.15) is 23.0 Å². The summed E-state index contributed by atoms with van der Waals surface area (Å²) >= 11 is 0. The molecule has 7 nitrogen and oxygen atoms in total. The van der Waals surface area contributed by atoms with Crippen molar-refractivity contribution in [2.24, 2.45) is 0 Å². The van der Waals surface area contributed by atoms with E-state index in [-0.39, 0.29) is 18.6 Å². The number of nitrogens with one attached hydrogen (secondary N) is 1. The highest BCUT2D eigenvalue weighted by molar-refractivity contribution is 5.94. The van der Waals surface area contributed by atoms with Crippen molar-refractivity contribution in [1.29, 1.82) is 0 Å². The van der Waals surface area contributed by atoms with Crippen molar-refractivity contribution < 1.29 is 23.5 Å². The molecule has 126 valence electrons. The zero-order chi connectivity index (χ0) is 16.9. The first-order valence-corrected chi connectivity index (χ1v) is 7.59. The van der Waals surface area contributed by atoms with Crippen molar-refractivity contribution in [3.8, 4) is 11.5 Å². The molecule has 0 fully saturated rings. The van der Waals surface area contributed by atoms with E-state index in [1.807, 2.05) is 0 Å². The largest absolute Gasteiger partial charge is 0.467 e. The predicted molar refractivity (Wildman–Crippen MR) is 84.7 cm³/mol. The number of furan rings is 1. The van der Waals surface area contributed by atoms with Crippen LogP contribution in [0.4, 0.5) is 0 Å². The molecule has 0 saturated carbocycles. The fraction of sp³-hybridized carbons (Fsp3) is 0.294. The summed E-state index contributed by atoms with van der Waals surface area (Å²) in [4.78, 5) is 25.5. The van der Waals surface area contributed by atoms with Gasteiger partial charge in [0, 0.05) is 25.6 Å². The van der Waals surface area contributed by atoms with E-state index in [1.54, 1.807) is 41.5 Å². The summed E-state index contributed by atoms with van der Waals surface area (Å²) in [6, 6.07) is 8.60. The van der Waals surface area contributed by atoms with Gasteiger partial charge in [0.05, 0.1) is 12.8 Å². The lowest BCUT2D eigenvalue weighted by molar-refractivity contribution is -0.129. The highest BCUT2D eigenvalue weighted by Crippen LogP contribution is 2.32. The molecule has 1 aliphatic rings. The quantitative estimate of drug-likeness (QED) is 0.873. The van der Waals surface area contributed by atoms with Crippen molar-refractivity contribution >= 4 is 11.8 Å². The van der Waals surface area contributed by atoms with E-state index in [9.17, 15) is 9.59 Å². The van der Waals surface area contributed by atoms with Gasteiger partial charge in [-0.2, -0.15) is 0 Å². The Labute approximate surface area is 139 Å². The van der Waals surface area contributed by atoms with Gasteiger partial charge >= 0.3 is 0 Å². The van der Waals surface area contributed by atoms with Crippen LogP contribution < -0.4 is 14.8 Å². The maximum Gasteiger partial charge on any atom is 0.251 e. The first kappa shape index (κ1) is 15.9. The van der Waals surface area contributed by atoms with Gasteiger partial charge in [-0.25, -0.2) is 0 Å². The van der Waals surface area contributed by atoms with Gasteiger partial charge in [0.2, 0.25) is 12.7 Å². The van der Waals surface area contributed by atoms with E-state index in [2.05, 4.69) is 5.32 Å². The summed E-state index contributed by atoms with van der Waals surface area (Å²) in [5.74, 6) is 1.59. The number of hydrogen-bond acceptors (Lipinski definition) is 5. The van der Waals surface area contributed by atoms with Crippen LogP contribution in [0.15, 0.2) is 41.0 Å². The van der Waals surface area contributed by atoms with Crippen LogP contribution >= 0.6 is 0 Å². The van der Waals surface area contributed by atoms with Crippen molar-refractivity contribution in [3.05, 3.63) is 47.9 Å². The van der Waals surface area contributed by atoms with Crippen LogP contribution in [0.2, 0.25) is 0 Å². The zero-order valence-corrected chi connectivity index (χ0v) is 13.3. The number of rotatable bonds is 6. The van der Waals surface area contributed by atoms with Crippen LogP contribution in [0.25, 0.3) is 0 Å². The first-order chi connectivity index (χ1) is 11.6. The van der Waals surface area contributed by atoms with Crippen LogP contribution in [-0.2, 0) is 11.3 Å². The minimum atomic E-state index is -0.227. The van der Waals surface area contributed by atoms with Gasteiger partial charge in [-0.1, -0.05) is 0 Å². The summed E-state index contributed by atoms with van der Waals surface area (Å²) in [5, 5.41) is 2.80. The predicted octanol–water partition coefficient (Wildman–Crippen LogP) is 1.79. The van der Waals surface area contributed by atoms with Crippen LogP contribution in [0.3, 0.4) is 0 Å². The normalized spacial score (nSPS) is 12.0. The number of amides is 2. The van der Waals surface area contributed by atoms with Gasteiger partial charge in [-0.05, 0) is 30.3 Å². The Bertz CT molecular complexity index is 727. The molecule has 1 N–H and O–H groups in total. The van der Waals surface area contributed by atoms with E-state index < -0.39 is 0 Å². The highest BCUT2D eigenvalue weighted by Gasteiger charge is 2.16. The molecule has 24 heavy (non-hydrogen) atoms. The molecule has 0 unspecified atom stereocenters. The molecule has 1 aliphatic heterocycles. The van der Waals surface area contributed by atoms with Gasteiger partial charge in [-0.3, -0.25) is 9.59 Å². The smallest absolute Gasteiger partial charge is 0.251 e. The lowest BCUT2D eigenvalue weighted by Gasteiger charge is -2.20. The second-order valence-electron chi connectivity index (χ2n) is 5.34. The first-order valence-electron chi connectivity index (χ1n) is 7.59. The molecule has 0 spiro atoms. The highest BCUT2D eigenvalue weighted by atomic mass is 16.7. The number of hydrogen-bond donors (Lipinski definition) is 1. The molecule has 2 aromatic rings. The van der Waals surface area contributed by atoms with Gasteiger partial charge < -0.3 is 24.1 Å². The summed E-state index contributed by atoms with van der Waals surface area (Å²) in [5.41, 5.74) is 0.486. The molecule has 2 heterocycles. The van der Waals surface area contributed by atoms with E-state index in [1.165, 1.54) is 6.92 Å². The van der Waals surface area contributed by atoms with Gasteiger partial charge in [0.1, 0.15) is 5.76 Å². The average Bonchev–Trinajstić information content (AvgIpc) is 3.24. The number of carbonyl (C=O) groups is 2. The lowest BCUT2D eigenvalue weighted by atomic mass is 10.2. The van der Waals surface area contributed by atoms with Crippen LogP contribution in [-0.4, -0.2) is 36.6 Å². The number of ether oxygens (including phenoxy) is 2. The minimum Gasteiger partial charge on any atom is -0.467 e. The molecule has 0 aliphatic carbocycles. The van der Waals surface area contributed by atoms with Crippen molar-refractivity contribution in [3.63, 3.8) is 0 Å². The Morgan fingerprint density at radius 1 is 1.21 bits per heavy atom. The Morgan fingerprint density at radius 3 is 2.79 bits per heavy atom. The molecule has 7 heteroatoms. The van der Waals surface area contributed by atoms with Gasteiger partial charge in [0.15, 0.2) is 11.5 Å². The van der Waals surface area contributed by atoms with Crippen molar-refractivity contribution in [1.82, 2.24) is 10.2 Å². The molecule has 0 bridgehead atoms. The van der Waals surface area contributed by atoms with Crippen LogP contribution in [0, 0.1) is 0 Å². The zero-order valence-electron chi connectivity index (χ0n) is 13.3. The monoisotopic (exact) mass is 330 g/mol. The number of benzene rings is 1. The Morgan fingerprint density at radius 2 is 2.04 bits per heavy atom. The molecular formula is C17H18N2O5. The van der Waals surface area contributed by atoms with E-state index >= 15 is 0 Å².